The Morgan fingerprint density at radius 3 is 2.06 bits per heavy atom. The molecule has 0 aromatic carbocycles. The van der Waals surface area contributed by atoms with Gasteiger partial charge in [0.15, 0.2) is 0 Å². The van der Waals surface area contributed by atoms with Gasteiger partial charge in [0, 0.05) is 13.1 Å². The summed E-state index contributed by atoms with van der Waals surface area (Å²) in [5, 5.41) is 2.87. The second kappa shape index (κ2) is 4.84. The molecule has 0 unspecified atom stereocenters. The maximum absolute atomic E-state index is 12.5. The van der Waals surface area contributed by atoms with E-state index in [1.165, 1.54) is 4.90 Å². The molecule has 0 bridgehead atoms. The second-order valence-electron chi connectivity index (χ2n) is 4.98. The van der Waals surface area contributed by atoms with Crippen molar-refractivity contribution in [1.82, 2.24) is 10.2 Å². The Morgan fingerprint density at radius 2 is 1.71 bits per heavy atom. The van der Waals surface area contributed by atoms with Gasteiger partial charge in [0.05, 0.1) is 11.5 Å². The molecule has 0 atom stereocenters. The van der Waals surface area contributed by atoms with Gasteiger partial charge in [-0.3, -0.25) is 4.79 Å². The number of carbonyl (C=O) groups excluding carboxylic acids is 1. The number of piperidine rings is 1. The number of hydrogen-bond donors (Lipinski definition) is 1. The molecule has 1 N–H and O–H groups in total. The molecule has 100 valence electrons. The van der Waals surface area contributed by atoms with Crippen LogP contribution < -0.4 is 5.32 Å². The van der Waals surface area contributed by atoms with E-state index < -0.39 is 17.6 Å². The summed E-state index contributed by atoms with van der Waals surface area (Å²) in [5.74, 6) is -1.40. The monoisotopic (exact) mass is 252 g/mol. The average Bonchev–Trinajstić information content (AvgIpc) is 2.27. The SMILES string of the molecule is CNC(C)(C)C(=O)N1CCC(C(F)(F)F)CC1. The van der Waals surface area contributed by atoms with Crippen molar-refractivity contribution in [2.24, 2.45) is 5.92 Å². The molecule has 1 aliphatic rings. The van der Waals surface area contributed by atoms with Crippen molar-refractivity contribution >= 4 is 5.91 Å². The van der Waals surface area contributed by atoms with Crippen molar-refractivity contribution in [3.05, 3.63) is 0 Å². The summed E-state index contributed by atoms with van der Waals surface area (Å²) in [6.07, 6.45) is -4.11. The summed E-state index contributed by atoms with van der Waals surface area (Å²) < 4.78 is 37.4. The highest BCUT2D eigenvalue weighted by Crippen LogP contribution is 2.34. The van der Waals surface area contributed by atoms with Gasteiger partial charge in [0.25, 0.3) is 0 Å². The molecule has 6 heteroatoms. The van der Waals surface area contributed by atoms with E-state index in [0.717, 1.165) is 0 Å². The van der Waals surface area contributed by atoms with Crippen LogP contribution in [-0.4, -0.2) is 42.7 Å². The summed E-state index contributed by atoms with van der Waals surface area (Å²) >= 11 is 0. The van der Waals surface area contributed by atoms with Gasteiger partial charge in [-0.15, -0.1) is 0 Å². The topological polar surface area (TPSA) is 32.3 Å². The number of hydrogen-bond acceptors (Lipinski definition) is 2. The lowest BCUT2D eigenvalue weighted by Gasteiger charge is -2.37. The zero-order chi connectivity index (χ0) is 13.3. The van der Waals surface area contributed by atoms with E-state index in [0.29, 0.717) is 0 Å². The van der Waals surface area contributed by atoms with Crippen molar-refractivity contribution in [1.29, 1.82) is 0 Å². The van der Waals surface area contributed by atoms with E-state index in [1.807, 2.05) is 0 Å². The van der Waals surface area contributed by atoms with E-state index in [1.54, 1.807) is 20.9 Å². The van der Waals surface area contributed by atoms with E-state index >= 15 is 0 Å². The number of rotatable bonds is 2. The molecule has 1 aliphatic heterocycles. The highest BCUT2D eigenvalue weighted by molar-refractivity contribution is 5.85. The van der Waals surface area contributed by atoms with E-state index in [4.69, 9.17) is 0 Å². The minimum atomic E-state index is -4.13. The maximum atomic E-state index is 12.5. The lowest BCUT2D eigenvalue weighted by molar-refractivity contribution is -0.187. The third-order valence-corrected chi connectivity index (χ3v) is 3.40. The van der Waals surface area contributed by atoms with E-state index in [2.05, 4.69) is 5.32 Å². The average molecular weight is 252 g/mol. The van der Waals surface area contributed by atoms with Crippen LogP contribution in [0.4, 0.5) is 13.2 Å². The first-order chi connectivity index (χ1) is 7.68. The van der Waals surface area contributed by atoms with Crippen LogP contribution in [0.1, 0.15) is 26.7 Å². The number of likely N-dealkylation sites (N-methyl/N-ethyl adjacent to an activating group) is 1. The molecular formula is C11H19F3N2O. The second-order valence-corrected chi connectivity index (χ2v) is 4.98. The summed E-state index contributed by atoms with van der Waals surface area (Å²) in [5.41, 5.74) is -0.717. The predicted octanol–water partition coefficient (Wildman–Crippen LogP) is 1.79. The molecule has 3 nitrogen and oxygen atoms in total. The predicted molar refractivity (Wildman–Crippen MR) is 58.5 cm³/mol. The fourth-order valence-electron chi connectivity index (χ4n) is 1.91. The number of likely N-dealkylation sites (tertiary alicyclic amines) is 1. The Kier molecular flexibility index (Phi) is 4.06. The molecular weight excluding hydrogens is 233 g/mol. The van der Waals surface area contributed by atoms with Crippen LogP contribution in [0.2, 0.25) is 0 Å². The molecule has 17 heavy (non-hydrogen) atoms. The maximum Gasteiger partial charge on any atom is 0.391 e. The molecule has 0 aromatic rings. The van der Waals surface area contributed by atoms with E-state index in [9.17, 15) is 18.0 Å². The minimum Gasteiger partial charge on any atom is -0.341 e. The summed E-state index contributed by atoms with van der Waals surface area (Å²) in [6, 6.07) is 0. The molecule has 1 fully saturated rings. The molecule has 0 aromatic heterocycles. The van der Waals surface area contributed by atoms with Gasteiger partial charge in [0.2, 0.25) is 5.91 Å². The van der Waals surface area contributed by atoms with Crippen LogP contribution in [0.15, 0.2) is 0 Å². The lowest BCUT2D eigenvalue weighted by Crippen LogP contribution is -2.55. The molecule has 0 saturated carbocycles. The summed E-state index contributed by atoms with van der Waals surface area (Å²) in [4.78, 5) is 13.5. The molecule has 0 aliphatic carbocycles. The highest BCUT2D eigenvalue weighted by atomic mass is 19.4. The molecule has 1 heterocycles. The van der Waals surface area contributed by atoms with Crippen LogP contribution in [0.5, 0.6) is 0 Å². The van der Waals surface area contributed by atoms with Crippen LogP contribution >= 0.6 is 0 Å². The number of halogens is 3. The zero-order valence-electron chi connectivity index (χ0n) is 10.4. The lowest BCUT2D eigenvalue weighted by atomic mass is 9.94. The molecule has 0 radical (unpaired) electrons. The van der Waals surface area contributed by atoms with Gasteiger partial charge in [-0.05, 0) is 33.7 Å². The quantitative estimate of drug-likeness (QED) is 0.812. The smallest absolute Gasteiger partial charge is 0.341 e. The Balaban J connectivity index is 2.56. The Morgan fingerprint density at radius 1 is 1.24 bits per heavy atom. The Hall–Kier alpha value is -0.780. The van der Waals surface area contributed by atoms with Crippen molar-refractivity contribution in [2.75, 3.05) is 20.1 Å². The Bertz CT molecular complexity index is 281. The summed E-state index contributed by atoms with van der Waals surface area (Å²) in [7, 11) is 1.67. The number of nitrogens with one attached hydrogen (secondary N) is 1. The number of amides is 1. The van der Waals surface area contributed by atoms with Gasteiger partial charge in [0.1, 0.15) is 0 Å². The fourth-order valence-corrected chi connectivity index (χ4v) is 1.91. The molecule has 1 saturated heterocycles. The number of carbonyl (C=O) groups is 1. The van der Waals surface area contributed by atoms with Crippen molar-refractivity contribution in [2.45, 2.75) is 38.4 Å². The standard InChI is InChI=1S/C11H19F3N2O/c1-10(2,15-3)9(17)16-6-4-8(5-7-16)11(12,13)14/h8,15H,4-7H2,1-3H3. The first kappa shape index (κ1) is 14.3. The van der Waals surface area contributed by atoms with Crippen molar-refractivity contribution in [3.63, 3.8) is 0 Å². The Labute approximate surface area is 99.4 Å². The highest BCUT2D eigenvalue weighted by Gasteiger charge is 2.43. The van der Waals surface area contributed by atoms with Crippen LogP contribution in [0.3, 0.4) is 0 Å². The van der Waals surface area contributed by atoms with Crippen molar-refractivity contribution in [3.8, 4) is 0 Å². The van der Waals surface area contributed by atoms with Crippen LogP contribution in [-0.2, 0) is 4.79 Å². The van der Waals surface area contributed by atoms with Gasteiger partial charge >= 0.3 is 6.18 Å². The normalized spacial score (nSPS) is 19.5. The number of alkyl halides is 3. The number of nitrogens with zero attached hydrogens (tertiary/aromatic N) is 1. The van der Waals surface area contributed by atoms with Crippen molar-refractivity contribution < 1.29 is 18.0 Å². The van der Waals surface area contributed by atoms with Gasteiger partial charge in [-0.2, -0.15) is 13.2 Å². The van der Waals surface area contributed by atoms with Gasteiger partial charge < -0.3 is 10.2 Å². The first-order valence-corrected chi connectivity index (χ1v) is 5.73. The van der Waals surface area contributed by atoms with Crippen LogP contribution in [0, 0.1) is 5.92 Å². The fraction of sp³-hybridized carbons (Fsp3) is 0.909. The van der Waals surface area contributed by atoms with Gasteiger partial charge in [-0.1, -0.05) is 0 Å². The molecule has 0 spiro atoms. The summed E-state index contributed by atoms with van der Waals surface area (Å²) in [6.45, 7) is 3.83. The minimum absolute atomic E-state index is 0.00896. The van der Waals surface area contributed by atoms with Gasteiger partial charge in [-0.25, -0.2) is 0 Å². The van der Waals surface area contributed by atoms with Crippen LogP contribution in [0.25, 0.3) is 0 Å². The van der Waals surface area contributed by atoms with E-state index in [-0.39, 0.29) is 31.8 Å². The first-order valence-electron chi connectivity index (χ1n) is 5.73. The molecule has 1 amide bonds. The third-order valence-electron chi connectivity index (χ3n) is 3.40. The third kappa shape index (κ3) is 3.34. The largest absolute Gasteiger partial charge is 0.391 e. The molecule has 1 rings (SSSR count). The zero-order valence-corrected chi connectivity index (χ0v) is 10.4.